The van der Waals surface area contributed by atoms with E-state index in [1.165, 1.54) is 59.9 Å². The van der Waals surface area contributed by atoms with Crippen LogP contribution in [0.25, 0.3) is 11.1 Å². The maximum atomic E-state index is 13.3. The third-order valence-corrected chi connectivity index (χ3v) is 8.61. The number of rotatable bonds is 6. The molecule has 39 heavy (non-hydrogen) atoms. The molecule has 1 heterocycles. The van der Waals surface area contributed by atoms with Crippen LogP contribution in [0.15, 0.2) is 72.8 Å². The number of benzene rings is 3. The second kappa shape index (κ2) is 11.6. The molecule has 2 amide bonds. The molecule has 2 aliphatic carbocycles. The zero-order valence-corrected chi connectivity index (χ0v) is 22.4. The fourth-order valence-corrected chi connectivity index (χ4v) is 6.56. The van der Waals surface area contributed by atoms with Crippen molar-refractivity contribution < 1.29 is 14.3 Å². The van der Waals surface area contributed by atoms with Gasteiger partial charge < -0.3 is 20.3 Å². The van der Waals surface area contributed by atoms with Crippen molar-refractivity contribution in [1.82, 2.24) is 10.2 Å². The van der Waals surface area contributed by atoms with Gasteiger partial charge >= 0.3 is 6.09 Å². The molecule has 2 N–H and O–H groups in total. The summed E-state index contributed by atoms with van der Waals surface area (Å²) in [6.07, 6.45) is 6.33. The van der Waals surface area contributed by atoms with E-state index in [1.807, 2.05) is 36.4 Å². The first-order valence-corrected chi connectivity index (χ1v) is 14.4. The van der Waals surface area contributed by atoms with E-state index in [4.69, 9.17) is 4.74 Å². The summed E-state index contributed by atoms with van der Waals surface area (Å²) in [4.78, 5) is 27.9. The summed E-state index contributed by atoms with van der Waals surface area (Å²) in [5, 5.41) is 6.36. The van der Waals surface area contributed by atoms with Crippen LogP contribution in [0, 0.1) is 0 Å². The van der Waals surface area contributed by atoms with Crippen LogP contribution in [0.5, 0.6) is 0 Å². The molecule has 2 fully saturated rings. The lowest BCUT2D eigenvalue weighted by Crippen LogP contribution is -2.54. The molecule has 1 saturated carbocycles. The van der Waals surface area contributed by atoms with Crippen LogP contribution in [0.3, 0.4) is 0 Å². The molecule has 0 bridgehead atoms. The van der Waals surface area contributed by atoms with Gasteiger partial charge in [0.25, 0.3) is 0 Å². The quantitative estimate of drug-likeness (QED) is 0.399. The van der Waals surface area contributed by atoms with Crippen LogP contribution in [-0.4, -0.2) is 49.2 Å². The lowest BCUT2D eigenvalue weighted by atomic mass is 9.84. The number of hydrogen-bond acceptors (Lipinski definition) is 4. The van der Waals surface area contributed by atoms with Crippen molar-refractivity contribution in [3.8, 4) is 11.1 Å². The van der Waals surface area contributed by atoms with E-state index < -0.39 is 0 Å². The fraction of sp³-hybridized carbons (Fsp3) is 0.394. The van der Waals surface area contributed by atoms with Crippen LogP contribution in [0.2, 0.25) is 0 Å². The number of ether oxygens (including phenoxy) is 1. The second-order valence-corrected chi connectivity index (χ2v) is 11.1. The highest BCUT2D eigenvalue weighted by molar-refractivity contribution is 5.91. The first-order valence-electron chi connectivity index (χ1n) is 14.4. The lowest BCUT2D eigenvalue weighted by Gasteiger charge is -2.35. The number of anilines is 1. The summed E-state index contributed by atoms with van der Waals surface area (Å²) in [5.74, 6) is 0.565. The van der Waals surface area contributed by atoms with Crippen molar-refractivity contribution >= 4 is 17.7 Å². The number of nitrogens with one attached hydrogen (secondary N) is 2. The van der Waals surface area contributed by atoms with Gasteiger partial charge in [-0.3, -0.25) is 4.79 Å². The molecule has 0 spiro atoms. The maximum Gasteiger partial charge on any atom is 0.410 e. The number of amides is 2. The molecule has 3 aromatic rings. The first-order chi connectivity index (χ1) is 19.2. The highest BCUT2D eigenvalue weighted by atomic mass is 16.6. The Morgan fingerprint density at radius 1 is 0.872 bits per heavy atom. The smallest absolute Gasteiger partial charge is 0.410 e. The molecule has 6 rings (SSSR count). The minimum atomic E-state index is -0.354. The van der Waals surface area contributed by atoms with Gasteiger partial charge in [0.2, 0.25) is 5.91 Å². The highest BCUT2D eigenvalue weighted by Crippen LogP contribution is 2.44. The largest absolute Gasteiger partial charge is 0.448 e. The van der Waals surface area contributed by atoms with E-state index in [-0.39, 0.29) is 37.0 Å². The number of piperazine rings is 1. The standard InChI is InChI=1S/C33H37N3O3/c37-32(35-25-16-14-24(15-17-25)23-8-2-1-3-9-23)20-26-21-34-18-19-36(26)33(38)39-22-31-29-12-6-4-10-27(29)28-11-5-7-13-30(28)31/h4-7,10-17,23,26,31,34H,1-3,8-9,18-22H2,(H,35,37). The van der Waals surface area contributed by atoms with Crippen molar-refractivity contribution in [3.05, 3.63) is 89.5 Å². The molecule has 1 aliphatic heterocycles. The summed E-state index contributed by atoms with van der Waals surface area (Å²) < 4.78 is 5.91. The molecule has 202 valence electrons. The van der Waals surface area contributed by atoms with Crippen LogP contribution in [0.4, 0.5) is 10.5 Å². The van der Waals surface area contributed by atoms with Crippen molar-refractivity contribution in [2.45, 2.75) is 56.4 Å². The number of carbonyl (C=O) groups excluding carboxylic acids is 2. The first kappa shape index (κ1) is 25.6. The van der Waals surface area contributed by atoms with Gasteiger partial charge in [0.05, 0.1) is 6.04 Å². The van der Waals surface area contributed by atoms with E-state index in [0.717, 1.165) is 5.69 Å². The number of hydrogen-bond donors (Lipinski definition) is 2. The van der Waals surface area contributed by atoms with Crippen LogP contribution < -0.4 is 10.6 Å². The summed E-state index contributed by atoms with van der Waals surface area (Å²) in [7, 11) is 0. The van der Waals surface area contributed by atoms with Gasteiger partial charge in [-0.2, -0.15) is 0 Å². The lowest BCUT2D eigenvalue weighted by molar-refractivity contribution is -0.117. The normalized spacial score (nSPS) is 19.3. The molecule has 1 atom stereocenters. The second-order valence-electron chi connectivity index (χ2n) is 11.1. The summed E-state index contributed by atoms with van der Waals surface area (Å²) in [6.45, 7) is 2.05. The molecule has 0 aromatic heterocycles. The summed E-state index contributed by atoms with van der Waals surface area (Å²) in [5.41, 5.74) is 6.96. The van der Waals surface area contributed by atoms with Gasteiger partial charge in [0.1, 0.15) is 6.61 Å². The molecule has 1 unspecified atom stereocenters. The third-order valence-electron chi connectivity index (χ3n) is 8.61. The molecule has 0 radical (unpaired) electrons. The summed E-state index contributed by atoms with van der Waals surface area (Å²) in [6, 6.07) is 24.7. The van der Waals surface area contributed by atoms with Crippen LogP contribution in [0.1, 0.15) is 67.1 Å². The van der Waals surface area contributed by atoms with Gasteiger partial charge in [0, 0.05) is 37.7 Å². The molecular weight excluding hydrogens is 486 g/mol. The molecule has 1 saturated heterocycles. The highest BCUT2D eigenvalue weighted by Gasteiger charge is 2.33. The van der Waals surface area contributed by atoms with E-state index in [9.17, 15) is 9.59 Å². The number of carbonyl (C=O) groups is 2. The van der Waals surface area contributed by atoms with E-state index in [1.54, 1.807) is 4.90 Å². The molecule has 3 aromatic carbocycles. The average Bonchev–Trinajstić information content (AvgIpc) is 3.30. The van der Waals surface area contributed by atoms with Gasteiger partial charge in [-0.1, -0.05) is 79.9 Å². The van der Waals surface area contributed by atoms with Crippen LogP contribution in [-0.2, 0) is 9.53 Å². The van der Waals surface area contributed by atoms with E-state index in [2.05, 4.69) is 47.0 Å². The molecule has 6 nitrogen and oxygen atoms in total. The van der Waals surface area contributed by atoms with Crippen molar-refractivity contribution in [2.24, 2.45) is 0 Å². The van der Waals surface area contributed by atoms with E-state index in [0.29, 0.717) is 25.6 Å². The predicted molar refractivity (Wildman–Crippen MR) is 154 cm³/mol. The topological polar surface area (TPSA) is 70.7 Å². The Morgan fingerprint density at radius 2 is 1.54 bits per heavy atom. The Hall–Kier alpha value is -3.64. The maximum absolute atomic E-state index is 13.3. The van der Waals surface area contributed by atoms with Gasteiger partial charge in [0.15, 0.2) is 0 Å². The Balaban J connectivity index is 1.06. The van der Waals surface area contributed by atoms with Gasteiger partial charge in [-0.25, -0.2) is 4.79 Å². The fourth-order valence-electron chi connectivity index (χ4n) is 6.56. The molecular formula is C33H37N3O3. The Morgan fingerprint density at radius 3 is 2.23 bits per heavy atom. The van der Waals surface area contributed by atoms with Crippen molar-refractivity contribution in [1.29, 1.82) is 0 Å². The van der Waals surface area contributed by atoms with Crippen LogP contribution >= 0.6 is 0 Å². The zero-order valence-electron chi connectivity index (χ0n) is 22.4. The minimum absolute atomic E-state index is 0.0163. The van der Waals surface area contributed by atoms with Crippen molar-refractivity contribution in [3.63, 3.8) is 0 Å². The average molecular weight is 524 g/mol. The number of fused-ring (bicyclic) bond motifs is 3. The Bertz CT molecular complexity index is 1270. The third kappa shape index (κ3) is 5.57. The Kier molecular flexibility index (Phi) is 7.64. The SMILES string of the molecule is O=C(CC1CNCCN1C(=O)OCC1c2ccccc2-c2ccccc21)Nc1ccc(C2CCCCC2)cc1. The monoisotopic (exact) mass is 523 g/mol. The van der Waals surface area contributed by atoms with Gasteiger partial charge in [-0.15, -0.1) is 0 Å². The van der Waals surface area contributed by atoms with E-state index >= 15 is 0 Å². The van der Waals surface area contributed by atoms with Gasteiger partial charge in [-0.05, 0) is 58.7 Å². The molecule has 3 aliphatic rings. The minimum Gasteiger partial charge on any atom is -0.448 e. The summed E-state index contributed by atoms with van der Waals surface area (Å²) >= 11 is 0. The Labute approximate surface area is 230 Å². The molecule has 6 heteroatoms. The predicted octanol–water partition coefficient (Wildman–Crippen LogP) is 6.29. The van der Waals surface area contributed by atoms with Crippen molar-refractivity contribution in [2.75, 3.05) is 31.6 Å². The number of nitrogens with zero attached hydrogens (tertiary/aromatic N) is 1. The zero-order chi connectivity index (χ0) is 26.6.